The number of esters is 1. The van der Waals surface area contributed by atoms with Gasteiger partial charge in [0, 0.05) is 13.6 Å². The number of sulfonamides is 1. The van der Waals surface area contributed by atoms with Gasteiger partial charge in [0.1, 0.15) is 0 Å². The standard InChI is InChI=1S/C18H20N2O5S/c1-20(12-14-8-4-3-5-9-14)17(21)13-25-18(22)15-10-6-7-11-16(15)19-26(2,23)24/h3-11,19H,12-13H2,1-2H3. The highest BCUT2D eigenvalue weighted by Crippen LogP contribution is 2.17. The number of carbonyl (C=O) groups is 2. The van der Waals surface area contributed by atoms with E-state index in [9.17, 15) is 18.0 Å². The van der Waals surface area contributed by atoms with Crippen molar-refractivity contribution in [2.75, 3.05) is 24.6 Å². The Kier molecular flexibility index (Phi) is 6.35. The molecule has 0 heterocycles. The molecule has 0 aliphatic heterocycles. The van der Waals surface area contributed by atoms with Crippen molar-refractivity contribution in [2.24, 2.45) is 0 Å². The highest BCUT2D eigenvalue weighted by Gasteiger charge is 2.17. The summed E-state index contributed by atoms with van der Waals surface area (Å²) in [5.74, 6) is -1.14. The van der Waals surface area contributed by atoms with Crippen LogP contribution in [0.4, 0.5) is 5.69 Å². The third kappa shape index (κ3) is 5.89. The highest BCUT2D eigenvalue weighted by molar-refractivity contribution is 7.92. The number of hydrogen-bond donors (Lipinski definition) is 1. The summed E-state index contributed by atoms with van der Waals surface area (Å²) < 4.78 is 30.0. The lowest BCUT2D eigenvalue weighted by Crippen LogP contribution is -2.31. The van der Waals surface area contributed by atoms with Gasteiger partial charge in [0.15, 0.2) is 6.61 Å². The van der Waals surface area contributed by atoms with E-state index in [1.54, 1.807) is 19.2 Å². The van der Waals surface area contributed by atoms with E-state index in [1.807, 2.05) is 30.3 Å². The Balaban J connectivity index is 1.97. The largest absolute Gasteiger partial charge is 0.452 e. The number of nitrogens with one attached hydrogen (secondary N) is 1. The second-order valence-corrected chi connectivity index (χ2v) is 7.48. The third-order valence-corrected chi connectivity index (χ3v) is 4.05. The number of nitrogens with zero attached hydrogens (tertiary/aromatic N) is 1. The number of ether oxygens (including phenoxy) is 1. The van der Waals surface area contributed by atoms with Gasteiger partial charge in [-0.15, -0.1) is 0 Å². The smallest absolute Gasteiger partial charge is 0.340 e. The summed E-state index contributed by atoms with van der Waals surface area (Å²) in [6, 6.07) is 15.4. The van der Waals surface area contributed by atoms with Gasteiger partial charge in [0.25, 0.3) is 5.91 Å². The fourth-order valence-corrected chi connectivity index (χ4v) is 2.79. The van der Waals surface area contributed by atoms with Crippen molar-refractivity contribution in [3.05, 3.63) is 65.7 Å². The SMILES string of the molecule is CN(Cc1ccccc1)C(=O)COC(=O)c1ccccc1NS(C)(=O)=O. The van der Waals surface area contributed by atoms with Gasteiger partial charge in [-0.05, 0) is 17.7 Å². The molecule has 0 aliphatic carbocycles. The topological polar surface area (TPSA) is 92.8 Å². The average molecular weight is 376 g/mol. The summed E-state index contributed by atoms with van der Waals surface area (Å²) in [5, 5.41) is 0. The van der Waals surface area contributed by atoms with E-state index in [0.29, 0.717) is 6.54 Å². The molecule has 8 heteroatoms. The lowest BCUT2D eigenvalue weighted by molar-refractivity contribution is -0.133. The van der Waals surface area contributed by atoms with E-state index in [0.717, 1.165) is 11.8 Å². The fourth-order valence-electron chi connectivity index (χ4n) is 2.21. The first-order valence-corrected chi connectivity index (χ1v) is 9.67. The second kappa shape index (κ2) is 8.48. The molecule has 0 aliphatic rings. The first-order chi connectivity index (χ1) is 12.3. The Bertz CT molecular complexity index is 881. The lowest BCUT2D eigenvalue weighted by atomic mass is 10.2. The van der Waals surface area contributed by atoms with E-state index in [-0.39, 0.29) is 17.2 Å². The minimum atomic E-state index is -3.55. The minimum Gasteiger partial charge on any atom is -0.452 e. The molecule has 1 N–H and O–H groups in total. The van der Waals surface area contributed by atoms with Crippen LogP contribution in [0.15, 0.2) is 54.6 Å². The van der Waals surface area contributed by atoms with Gasteiger partial charge < -0.3 is 9.64 Å². The zero-order valence-electron chi connectivity index (χ0n) is 14.5. The molecule has 0 spiro atoms. The number of para-hydroxylation sites is 1. The van der Waals surface area contributed by atoms with Gasteiger partial charge in [-0.2, -0.15) is 0 Å². The van der Waals surface area contributed by atoms with Crippen molar-refractivity contribution < 1.29 is 22.7 Å². The maximum Gasteiger partial charge on any atom is 0.340 e. The highest BCUT2D eigenvalue weighted by atomic mass is 32.2. The summed E-state index contributed by atoms with van der Waals surface area (Å²) in [5.41, 5.74) is 1.10. The molecular weight excluding hydrogens is 356 g/mol. The molecule has 1 amide bonds. The molecule has 2 aromatic carbocycles. The van der Waals surface area contributed by atoms with E-state index in [4.69, 9.17) is 4.74 Å². The quantitative estimate of drug-likeness (QED) is 0.745. The van der Waals surface area contributed by atoms with E-state index in [2.05, 4.69) is 4.72 Å². The molecular formula is C18H20N2O5S. The molecule has 0 saturated heterocycles. The molecule has 0 radical (unpaired) electrons. The molecule has 0 aromatic heterocycles. The average Bonchev–Trinajstić information content (AvgIpc) is 2.59. The summed E-state index contributed by atoms with van der Waals surface area (Å²) in [6.07, 6.45) is 0.983. The molecule has 7 nitrogen and oxygen atoms in total. The number of likely N-dealkylation sites (N-methyl/N-ethyl adjacent to an activating group) is 1. The number of carbonyl (C=O) groups excluding carboxylic acids is 2. The van der Waals surface area contributed by atoms with Crippen LogP contribution in [0.1, 0.15) is 15.9 Å². The Labute approximate surface area is 152 Å². The van der Waals surface area contributed by atoms with Crippen molar-refractivity contribution in [1.82, 2.24) is 4.90 Å². The van der Waals surface area contributed by atoms with Crippen LogP contribution >= 0.6 is 0 Å². The van der Waals surface area contributed by atoms with Crippen LogP contribution in [-0.4, -0.2) is 45.1 Å². The number of anilines is 1. The monoisotopic (exact) mass is 376 g/mol. The van der Waals surface area contributed by atoms with E-state index < -0.39 is 22.6 Å². The molecule has 0 atom stereocenters. The number of benzene rings is 2. The van der Waals surface area contributed by atoms with Crippen molar-refractivity contribution in [3.8, 4) is 0 Å². The summed E-state index contributed by atoms with van der Waals surface area (Å²) >= 11 is 0. The van der Waals surface area contributed by atoms with Crippen molar-refractivity contribution >= 4 is 27.6 Å². The summed E-state index contributed by atoms with van der Waals surface area (Å²) in [4.78, 5) is 25.8. The van der Waals surface area contributed by atoms with Gasteiger partial charge in [-0.3, -0.25) is 9.52 Å². The van der Waals surface area contributed by atoms with E-state index >= 15 is 0 Å². The molecule has 0 bridgehead atoms. The summed E-state index contributed by atoms with van der Waals surface area (Å²) in [7, 11) is -1.93. The van der Waals surface area contributed by atoms with Crippen molar-refractivity contribution in [1.29, 1.82) is 0 Å². The van der Waals surface area contributed by atoms with Gasteiger partial charge in [-0.25, -0.2) is 13.2 Å². The van der Waals surface area contributed by atoms with Crippen LogP contribution < -0.4 is 4.72 Å². The normalized spacial score (nSPS) is 10.8. The first kappa shape index (κ1) is 19.5. The minimum absolute atomic E-state index is 0.0384. The van der Waals surface area contributed by atoms with Gasteiger partial charge in [0.2, 0.25) is 10.0 Å². The van der Waals surface area contributed by atoms with Crippen LogP contribution in [0.3, 0.4) is 0 Å². The predicted octanol–water partition coefficient (Wildman–Crippen LogP) is 1.87. The van der Waals surface area contributed by atoms with Crippen LogP contribution in [-0.2, 0) is 26.1 Å². The van der Waals surface area contributed by atoms with Crippen molar-refractivity contribution in [3.63, 3.8) is 0 Å². The third-order valence-electron chi connectivity index (χ3n) is 3.46. The molecule has 0 fully saturated rings. The molecule has 138 valence electrons. The maximum atomic E-state index is 12.2. The zero-order valence-corrected chi connectivity index (χ0v) is 15.3. The molecule has 0 saturated carbocycles. The fraction of sp³-hybridized carbons (Fsp3) is 0.222. The lowest BCUT2D eigenvalue weighted by Gasteiger charge is -2.17. The number of amides is 1. The van der Waals surface area contributed by atoms with Crippen LogP contribution in [0.5, 0.6) is 0 Å². The summed E-state index contributed by atoms with van der Waals surface area (Å²) in [6.45, 7) is -0.0428. The predicted molar refractivity (Wildman–Crippen MR) is 98.1 cm³/mol. The van der Waals surface area contributed by atoms with E-state index in [1.165, 1.54) is 17.0 Å². The Morgan fingerprint density at radius 3 is 2.31 bits per heavy atom. The molecule has 26 heavy (non-hydrogen) atoms. The Morgan fingerprint density at radius 1 is 1.04 bits per heavy atom. The first-order valence-electron chi connectivity index (χ1n) is 7.78. The van der Waals surface area contributed by atoms with Gasteiger partial charge in [-0.1, -0.05) is 42.5 Å². The van der Waals surface area contributed by atoms with Crippen LogP contribution in [0.2, 0.25) is 0 Å². The molecule has 0 unspecified atom stereocenters. The molecule has 2 rings (SSSR count). The Hall–Kier alpha value is -2.87. The number of hydrogen-bond acceptors (Lipinski definition) is 5. The zero-order chi connectivity index (χ0) is 19.2. The molecule has 2 aromatic rings. The van der Waals surface area contributed by atoms with Crippen LogP contribution in [0.25, 0.3) is 0 Å². The Morgan fingerprint density at radius 2 is 1.65 bits per heavy atom. The van der Waals surface area contributed by atoms with Crippen molar-refractivity contribution in [2.45, 2.75) is 6.54 Å². The van der Waals surface area contributed by atoms with Gasteiger partial charge >= 0.3 is 5.97 Å². The van der Waals surface area contributed by atoms with Crippen LogP contribution in [0, 0.1) is 0 Å². The van der Waals surface area contributed by atoms with Gasteiger partial charge in [0.05, 0.1) is 17.5 Å². The number of rotatable bonds is 7. The second-order valence-electron chi connectivity index (χ2n) is 5.73. The maximum absolute atomic E-state index is 12.2.